The summed E-state index contributed by atoms with van der Waals surface area (Å²) in [5.41, 5.74) is 7.22. The zero-order valence-electron chi connectivity index (χ0n) is 8.45. The van der Waals surface area contributed by atoms with E-state index in [1.165, 1.54) is 5.57 Å². The highest BCUT2D eigenvalue weighted by atomic mass is 16.5. The molecule has 0 radical (unpaired) electrons. The molecule has 13 heavy (non-hydrogen) atoms. The van der Waals surface area contributed by atoms with Gasteiger partial charge in [-0.25, -0.2) is 0 Å². The van der Waals surface area contributed by atoms with Gasteiger partial charge in [-0.2, -0.15) is 0 Å². The Balaban J connectivity index is 2.53. The summed E-state index contributed by atoms with van der Waals surface area (Å²) in [6.07, 6.45) is 4.97. The molecule has 0 bridgehead atoms. The van der Waals surface area contributed by atoms with Crippen LogP contribution in [-0.4, -0.2) is 25.9 Å². The standard InChI is InChI=1S/C10H19NO2/c1-3-9(12-2)10(11)8-5-4-6-13-7-8/h7,9-10H,3-6,11H2,1-2H3. The van der Waals surface area contributed by atoms with Crippen LogP contribution in [0.5, 0.6) is 0 Å². The lowest BCUT2D eigenvalue weighted by Crippen LogP contribution is -2.38. The topological polar surface area (TPSA) is 44.5 Å². The van der Waals surface area contributed by atoms with E-state index in [1.807, 2.05) is 0 Å². The fraction of sp³-hybridized carbons (Fsp3) is 0.800. The van der Waals surface area contributed by atoms with E-state index in [1.54, 1.807) is 13.4 Å². The van der Waals surface area contributed by atoms with Crippen LogP contribution in [0.1, 0.15) is 26.2 Å². The molecule has 76 valence electrons. The van der Waals surface area contributed by atoms with Gasteiger partial charge in [0.15, 0.2) is 0 Å². The average molecular weight is 185 g/mol. The van der Waals surface area contributed by atoms with Crippen LogP contribution in [-0.2, 0) is 9.47 Å². The highest BCUT2D eigenvalue weighted by molar-refractivity contribution is 5.11. The van der Waals surface area contributed by atoms with Gasteiger partial charge in [0.1, 0.15) is 0 Å². The maximum absolute atomic E-state index is 6.04. The molecule has 2 unspecified atom stereocenters. The lowest BCUT2D eigenvalue weighted by atomic mass is 9.97. The Morgan fingerprint density at radius 2 is 2.46 bits per heavy atom. The third-order valence-electron chi connectivity index (χ3n) is 2.50. The number of ether oxygens (including phenoxy) is 2. The van der Waals surface area contributed by atoms with E-state index >= 15 is 0 Å². The van der Waals surface area contributed by atoms with Gasteiger partial charge in [-0.05, 0) is 24.8 Å². The Morgan fingerprint density at radius 1 is 1.69 bits per heavy atom. The summed E-state index contributed by atoms with van der Waals surface area (Å²) in [6.45, 7) is 2.90. The van der Waals surface area contributed by atoms with Crippen molar-refractivity contribution in [3.63, 3.8) is 0 Å². The summed E-state index contributed by atoms with van der Waals surface area (Å²) >= 11 is 0. The Kier molecular flexibility index (Phi) is 4.25. The van der Waals surface area contributed by atoms with E-state index in [-0.39, 0.29) is 12.1 Å². The van der Waals surface area contributed by atoms with E-state index in [4.69, 9.17) is 15.2 Å². The molecule has 0 aromatic rings. The van der Waals surface area contributed by atoms with Crippen molar-refractivity contribution in [1.29, 1.82) is 0 Å². The second-order valence-electron chi connectivity index (χ2n) is 3.38. The predicted octanol–water partition coefficient (Wildman–Crippen LogP) is 1.43. The third kappa shape index (κ3) is 2.71. The van der Waals surface area contributed by atoms with Gasteiger partial charge in [0.2, 0.25) is 0 Å². The largest absolute Gasteiger partial charge is 0.501 e. The summed E-state index contributed by atoms with van der Waals surface area (Å²) in [5, 5.41) is 0. The molecular weight excluding hydrogens is 166 g/mol. The molecule has 1 aliphatic heterocycles. The summed E-state index contributed by atoms with van der Waals surface area (Å²) in [6, 6.07) is -0.00435. The van der Waals surface area contributed by atoms with Gasteiger partial charge in [0, 0.05) is 7.11 Å². The van der Waals surface area contributed by atoms with Crippen LogP contribution in [0.15, 0.2) is 11.8 Å². The fourth-order valence-corrected chi connectivity index (χ4v) is 1.64. The normalized spacial score (nSPS) is 21.6. The average Bonchev–Trinajstić information content (AvgIpc) is 2.21. The molecule has 3 nitrogen and oxygen atoms in total. The highest BCUT2D eigenvalue weighted by Gasteiger charge is 2.20. The molecule has 1 heterocycles. The first-order valence-corrected chi connectivity index (χ1v) is 4.88. The SMILES string of the molecule is CCC(OC)C(N)C1=COCCC1. The molecule has 0 saturated heterocycles. The maximum Gasteiger partial charge on any atom is 0.0876 e. The first-order valence-electron chi connectivity index (χ1n) is 4.88. The first-order chi connectivity index (χ1) is 6.29. The van der Waals surface area contributed by atoms with Crippen molar-refractivity contribution in [3.05, 3.63) is 11.8 Å². The Morgan fingerprint density at radius 3 is 2.92 bits per heavy atom. The van der Waals surface area contributed by atoms with Gasteiger partial charge in [0.25, 0.3) is 0 Å². The molecule has 0 amide bonds. The lowest BCUT2D eigenvalue weighted by Gasteiger charge is -2.25. The minimum Gasteiger partial charge on any atom is -0.501 e. The molecule has 0 aromatic carbocycles. The van der Waals surface area contributed by atoms with Crippen LogP contribution >= 0.6 is 0 Å². The molecule has 1 rings (SSSR count). The van der Waals surface area contributed by atoms with Gasteiger partial charge in [-0.1, -0.05) is 6.92 Å². The number of nitrogens with two attached hydrogens (primary N) is 1. The first kappa shape index (κ1) is 10.5. The smallest absolute Gasteiger partial charge is 0.0876 e. The molecule has 1 aliphatic rings. The second-order valence-corrected chi connectivity index (χ2v) is 3.38. The third-order valence-corrected chi connectivity index (χ3v) is 2.50. The molecule has 3 heteroatoms. The van der Waals surface area contributed by atoms with Crippen LogP contribution in [0.3, 0.4) is 0 Å². The molecule has 0 spiro atoms. The van der Waals surface area contributed by atoms with Gasteiger partial charge in [0.05, 0.1) is 25.0 Å². The number of methoxy groups -OCH3 is 1. The monoisotopic (exact) mass is 185 g/mol. The molecular formula is C10H19NO2. The highest BCUT2D eigenvalue weighted by Crippen LogP contribution is 2.18. The summed E-state index contributed by atoms with van der Waals surface area (Å²) < 4.78 is 10.5. The van der Waals surface area contributed by atoms with E-state index in [9.17, 15) is 0 Å². The molecule has 2 N–H and O–H groups in total. The molecule has 0 aliphatic carbocycles. The number of rotatable bonds is 4. The van der Waals surface area contributed by atoms with Crippen molar-refractivity contribution >= 4 is 0 Å². The van der Waals surface area contributed by atoms with Crippen LogP contribution in [0.25, 0.3) is 0 Å². The quantitative estimate of drug-likeness (QED) is 0.720. The molecule has 2 atom stereocenters. The summed E-state index contributed by atoms with van der Waals surface area (Å²) in [4.78, 5) is 0. The van der Waals surface area contributed by atoms with E-state index in [0.717, 1.165) is 25.9 Å². The number of hydrogen-bond acceptors (Lipinski definition) is 3. The predicted molar refractivity (Wildman–Crippen MR) is 52.3 cm³/mol. The van der Waals surface area contributed by atoms with Crippen LogP contribution < -0.4 is 5.73 Å². The van der Waals surface area contributed by atoms with E-state index < -0.39 is 0 Å². The van der Waals surface area contributed by atoms with Crippen molar-refractivity contribution in [2.24, 2.45) is 5.73 Å². The summed E-state index contributed by atoms with van der Waals surface area (Å²) in [7, 11) is 1.71. The molecule has 0 aromatic heterocycles. The van der Waals surface area contributed by atoms with Gasteiger partial charge >= 0.3 is 0 Å². The van der Waals surface area contributed by atoms with E-state index in [2.05, 4.69) is 6.92 Å². The van der Waals surface area contributed by atoms with Gasteiger partial charge in [-0.3, -0.25) is 0 Å². The van der Waals surface area contributed by atoms with Crippen LogP contribution in [0, 0.1) is 0 Å². The van der Waals surface area contributed by atoms with E-state index in [0.29, 0.717) is 0 Å². The Hall–Kier alpha value is -0.540. The Labute approximate surface area is 79.9 Å². The minimum absolute atomic E-state index is 0.00435. The van der Waals surface area contributed by atoms with Crippen molar-refractivity contribution in [2.45, 2.75) is 38.3 Å². The maximum atomic E-state index is 6.04. The minimum atomic E-state index is -0.00435. The Bertz CT molecular complexity index is 176. The van der Waals surface area contributed by atoms with Crippen molar-refractivity contribution < 1.29 is 9.47 Å². The molecule has 0 fully saturated rings. The zero-order valence-corrected chi connectivity index (χ0v) is 8.45. The van der Waals surface area contributed by atoms with Crippen LogP contribution in [0.2, 0.25) is 0 Å². The van der Waals surface area contributed by atoms with Crippen LogP contribution in [0.4, 0.5) is 0 Å². The zero-order chi connectivity index (χ0) is 9.68. The number of hydrogen-bond donors (Lipinski definition) is 1. The molecule has 0 saturated carbocycles. The van der Waals surface area contributed by atoms with Crippen molar-refractivity contribution in [2.75, 3.05) is 13.7 Å². The summed E-state index contributed by atoms with van der Waals surface area (Å²) in [5.74, 6) is 0. The lowest BCUT2D eigenvalue weighted by molar-refractivity contribution is 0.0821. The van der Waals surface area contributed by atoms with Gasteiger partial charge < -0.3 is 15.2 Å². The van der Waals surface area contributed by atoms with Gasteiger partial charge in [-0.15, -0.1) is 0 Å². The second kappa shape index (κ2) is 5.25. The fourth-order valence-electron chi connectivity index (χ4n) is 1.64. The van der Waals surface area contributed by atoms with Crippen molar-refractivity contribution in [3.8, 4) is 0 Å². The van der Waals surface area contributed by atoms with Crippen molar-refractivity contribution in [1.82, 2.24) is 0 Å².